The van der Waals surface area contributed by atoms with Crippen molar-refractivity contribution in [3.05, 3.63) is 60.3 Å². The second kappa shape index (κ2) is 5.53. The van der Waals surface area contributed by atoms with E-state index in [2.05, 4.69) is 5.32 Å². The van der Waals surface area contributed by atoms with Gasteiger partial charge in [0.1, 0.15) is 5.69 Å². The number of hydrogen-bond acceptors (Lipinski definition) is 3. The standard InChI is InChI=1S/C16H15N3O3S/c1-19-14-8-3-2-5-11(14)9-15(19)16(20)18-12-6-4-7-13(10-12)23(17,21)22/h2-10H,1H3,(H,18,20)(H2,17,21,22). The van der Waals surface area contributed by atoms with Crippen molar-refractivity contribution in [1.29, 1.82) is 0 Å². The molecule has 0 aliphatic rings. The van der Waals surface area contributed by atoms with Crippen molar-refractivity contribution in [3.8, 4) is 0 Å². The van der Waals surface area contributed by atoms with Crippen LogP contribution in [-0.2, 0) is 17.1 Å². The van der Waals surface area contributed by atoms with Gasteiger partial charge in [-0.25, -0.2) is 13.6 Å². The van der Waals surface area contributed by atoms with Gasteiger partial charge in [0.05, 0.1) is 4.90 Å². The topological polar surface area (TPSA) is 94.2 Å². The van der Waals surface area contributed by atoms with Crippen LogP contribution in [0.5, 0.6) is 0 Å². The molecule has 7 heteroatoms. The molecule has 0 radical (unpaired) electrons. The average molecular weight is 329 g/mol. The molecule has 0 unspecified atom stereocenters. The Labute approximate surface area is 133 Å². The first-order chi connectivity index (χ1) is 10.9. The molecule has 0 saturated carbocycles. The first-order valence-corrected chi connectivity index (χ1v) is 8.39. The second-order valence-corrected chi connectivity index (χ2v) is 6.74. The normalized spacial score (nSPS) is 11.6. The lowest BCUT2D eigenvalue weighted by Gasteiger charge is -2.07. The van der Waals surface area contributed by atoms with Crippen molar-refractivity contribution >= 4 is 32.5 Å². The van der Waals surface area contributed by atoms with Crippen LogP contribution in [0.15, 0.2) is 59.5 Å². The van der Waals surface area contributed by atoms with Crippen molar-refractivity contribution in [3.63, 3.8) is 0 Å². The number of aromatic nitrogens is 1. The molecule has 1 aromatic heterocycles. The fourth-order valence-corrected chi connectivity index (χ4v) is 3.01. The number of carbonyl (C=O) groups excluding carboxylic acids is 1. The third kappa shape index (κ3) is 2.96. The first kappa shape index (κ1) is 15.3. The fourth-order valence-electron chi connectivity index (χ4n) is 2.45. The second-order valence-electron chi connectivity index (χ2n) is 5.17. The molecule has 2 aromatic carbocycles. The molecule has 1 heterocycles. The molecular formula is C16H15N3O3S. The van der Waals surface area contributed by atoms with Gasteiger partial charge in [-0.15, -0.1) is 0 Å². The quantitative estimate of drug-likeness (QED) is 0.770. The van der Waals surface area contributed by atoms with Crippen molar-refractivity contribution in [2.24, 2.45) is 12.2 Å². The summed E-state index contributed by atoms with van der Waals surface area (Å²) in [5, 5.41) is 8.75. The van der Waals surface area contributed by atoms with Gasteiger partial charge in [0.25, 0.3) is 5.91 Å². The van der Waals surface area contributed by atoms with Crippen LogP contribution in [0.4, 0.5) is 5.69 Å². The van der Waals surface area contributed by atoms with Gasteiger partial charge in [-0.05, 0) is 30.3 Å². The van der Waals surface area contributed by atoms with Crippen LogP contribution in [0, 0.1) is 0 Å². The molecule has 0 saturated heterocycles. The van der Waals surface area contributed by atoms with Gasteiger partial charge in [-0.3, -0.25) is 4.79 Å². The van der Waals surface area contributed by atoms with Crippen molar-refractivity contribution in [1.82, 2.24) is 4.57 Å². The molecule has 0 fully saturated rings. The van der Waals surface area contributed by atoms with Gasteiger partial charge < -0.3 is 9.88 Å². The molecule has 0 aliphatic heterocycles. The minimum Gasteiger partial charge on any atom is -0.340 e. The number of amides is 1. The van der Waals surface area contributed by atoms with Crippen LogP contribution in [0.25, 0.3) is 10.9 Å². The molecular weight excluding hydrogens is 314 g/mol. The SMILES string of the molecule is Cn1c(C(=O)Nc2cccc(S(N)(=O)=O)c2)cc2ccccc21. The summed E-state index contributed by atoms with van der Waals surface area (Å²) in [5.74, 6) is -0.324. The monoisotopic (exact) mass is 329 g/mol. The minimum absolute atomic E-state index is 0.0488. The third-order valence-electron chi connectivity index (χ3n) is 3.60. The Hall–Kier alpha value is -2.64. The van der Waals surface area contributed by atoms with E-state index < -0.39 is 10.0 Å². The molecule has 23 heavy (non-hydrogen) atoms. The minimum atomic E-state index is -3.81. The Kier molecular flexibility index (Phi) is 3.67. The number of rotatable bonds is 3. The number of primary sulfonamides is 1. The van der Waals surface area contributed by atoms with E-state index in [1.165, 1.54) is 18.2 Å². The van der Waals surface area contributed by atoms with Gasteiger partial charge in [-0.2, -0.15) is 0 Å². The van der Waals surface area contributed by atoms with Crippen molar-refractivity contribution < 1.29 is 13.2 Å². The predicted octanol–water partition coefficient (Wildman–Crippen LogP) is 2.08. The maximum absolute atomic E-state index is 12.5. The van der Waals surface area contributed by atoms with E-state index in [4.69, 9.17) is 5.14 Å². The van der Waals surface area contributed by atoms with E-state index in [1.807, 2.05) is 24.3 Å². The average Bonchev–Trinajstić information content (AvgIpc) is 2.84. The summed E-state index contributed by atoms with van der Waals surface area (Å²) < 4.78 is 24.5. The number of hydrogen-bond donors (Lipinski definition) is 2. The highest BCUT2D eigenvalue weighted by Gasteiger charge is 2.14. The number of fused-ring (bicyclic) bond motifs is 1. The molecule has 0 spiro atoms. The number of benzene rings is 2. The lowest BCUT2D eigenvalue weighted by atomic mass is 10.2. The molecule has 0 bridgehead atoms. The van der Waals surface area contributed by atoms with Crippen LogP contribution in [-0.4, -0.2) is 18.9 Å². The molecule has 0 aliphatic carbocycles. The van der Waals surface area contributed by atoms with Crippen LogP contribution in [0.2, 0.25) is 0 Å². The summed E-state index contributed by atoms with van der Waals surface area (Å²) in [7, 11) is -2.01. The van der Waals surface area contributed by atoms with Crippen molar-refractivity contribution in [2.75, 3.05) is 5.32 Å². The van der Waals surface area contributed by atoms with E-state index in [0.29, 0.717) is 11.4 Å². The number of aryl methyl sites for hydroxylation is 1. The molecule has 3 rings (SSSR count). The summed E-state index contributed by atoms with van der Waals surface area (Å²) in [4.78, 5) is 12.4. The highest BCUT2D eigenvalue weighted by atomic mass is 32.2. The van der Waals surface area contributed by atoms with E-state index in [0.717, 1.165) is 10.9 Å². The summed E-state index contributed by atoms with van der Waals surface area (Å²) in [6.45, 7) is 0. The summed E-state index contributed by atoms with van der Waals surface area (Å²) >= 11 is 0. The first-order valence-electron chi connectivity index (χ1n) is 6.85. The summed E-state index contributed by atoms with van der Waals surface area (Å²) in [6.07, 6.45) is 0. The molecule has 0 atom stereocenters. The van der Waals surface area contributed by atoms with Gasteiger partial charge >= 0.3 is 0 Å². The lowest BCUT2D eigenvalue weighted by molar-refractivity contribution is 0.101. The number of carbonyl (C=O) groups is 1. The zero-order valence-electron chi connectivity index (χ0n) is 12.4. The summed E-state index contributed by atoms with van der Waals surface area (Å²) in [6, 6.07) is 15.3. The van der Waals surface area contributed by atoms with E-state index in [9.17, 15) is 13.2 Å². The van der Waals surface area contributed by atoms with E-state index in [-0.39, 0.29) is 10.8 Å². The molecule has 6 nitrogen and oxygen atoms in total. The van der Waals surface area contributed by atoms with Crippen LogP contribution >= 0.6 is 0 Å². The van der Waals surface area contributed by atoms with Gasteiger partial charge in [0.15, 0.2) is 0 Å². The zero-order valence-corrected chi connectivity index (χ0v) is 13.2. The Morgan fingerprint density at radius 2 is 1.83 bits per heavy atom. The van der Waals surface area contributed by atoms with Crippen LogP contribution < -0.4 is 10.5 Å². The van der Waals surface area contributed by atoms with Gasteiger partial charge in [0, 0.05) is 23.6 Å². The largest absolute Gasteiger partial charge is 0.340 e. The smallest absolute Gasteiger partial charge is 0.272 e. The molecule has 3 N–H and O–H groups in total. The number of sulfonamides is 1. The Bertz CT molecular complexity index is 1010. The molecule has 3 aromatic rings. The zero-order chi connectivity index (χ0) is 16.6. The maximum atomic E-state index is 12.5. The molecule has 1 amide bonds. The highest BCUT2D eigenvalue weighted by Crippen LogP contribution is 2.20. The summed E-state index contributed by atoms with van der Waals surface area (Å²) in [5.41, 5.74) is 1.79. The van der Waals surface area contributed by atoms with Crippen LogP contribution in [0.1, 0.15) is 10.5 Å². The van der Waals surface area contributed by atoms with Gasteiger partial charge in [0.2, 0.25) is 10.0 Å². The number of nitrogens with two attached hydrogens (primary N) is 1. The van der Waals surface area contributed by atoms with E-state index in [1.54, 1.807) is 23.7 Å². The van der Waals surface area contributed by atoms with Gasteiger partial charge in [-0.1, -0.05) is 24.3 Å². The van der Waals surface area contributed by atoms with Crippen LogP contribution in [0.3, 0.4) is 0 Å². The number of nitrogens with one attached hydrogen (secondary N) is 1. The molecule has 118 valence electrons. The highest BCUT2D eigenvalue weighted by molar-refractivity contribution is 7.89. The third-order valence-corrected chi connectivity index (χ3v) is 4.52. The Morgan fingerprint density at radius 1 is 1.09 bits per heavy atom. The maximum Gasteiger partial charge on any atom is 0.272 e. The Balaban J connectivity index is 1.94. The van der Waals surface area contributed by atoms with Crippen molar-refractivity contribution in [2.45, 2.75) is 4.90 Å². The Morgan fingerprint density at radius 3 is 2.52 bits per heavy atom. The number of nitrogens with zero attached hydrogens (tertiary/aromatic N) is 1. The predicted molar refractivity (Wildman–Crippen MR) is 88.7 cm³/mol. The lowest BCUT2D eigenvalue weighted by Crippen LogP contribution is -2.16. The fraction of sp³-hybridized carbons (Fsp3) is 0.0625. The number of anilines is 1. The van der Waals surface area contributed by atoms with E-state index >= 15 is 0 Å². The number of para-hydroxylation sites is 1.